The first-order valence-electron chi connectivity index (χ1n) is 6.05. The molecule has 0 unspecified atom stereocenters. The maximum absolute atomic E-state index is 11.7. The number of amides is 2. The van der Waals surface area contributed by atoms with Crippen LogP contribution in [0.25, 0.3) is 0 Å². The molecule has 1 aromatic carbocycles. The van der Waals surface area contributed by atoms with E-state index in [4.69, 9.17) is 11.6 Å². The van der Waals surface area contributed by atoms with Gasteiger partial charge >= 0.3 is 11.8 Å². The molecule has 100 valence electrons. The van der Waals surface area contributed by atoms with Crippen LogP contribution >= 0.6 is 11.6 Å². The highest BCUT2D eigenvalue weighted by Gasteiger charge is 2.23. The van der Waals surface area contributed by atoms with Crippen molar-refractivity contribution >= 4 is 29.6 Å². The Balaban J connectivity index is 1.89. The molecule has 1 fully saturated rings. The minimum Gasteiger partial charge on any atom is -0.334 e. The first kappa shape index (κ1) is 13.5. The summed E-state index contributed by atoms with van der Waals surface area (Å²) < 4.78 is 0. The monoisotopic (exact) mass is 279 g/mol. The number of nitrogens with one attached hydrogen (secondary N) is 1. The van der Waals surface area contributed by atoms with Crippen LogP contribution in [0.3, 0.4) is 0 Å². The highest BCUT2D eigenvalue weighted by atomic mass is 35.5. The van der Waals surface area contributed by atoms with Crippen LogP contribution in [0.5, 0.6) is 0 Å². The Morgan fingerprint density at radius 1 is 1.26 bits per heavy atom. The number of hydrazone groups is 1. The molecule has 1 N–H and O–H groups in total. The molecule has 1 aromatic rings. The van der Waals surface area contributed by atoms with Crippen molar-refractivity contribution < 1.29 is 9.59 Å². The number of rotatable bonds is 2. The van der Waals surface area contributed by atoms with Gasteiger partial charge in [-0.05, 0) is 18.9 Å². The molecule has 0 bridgehead atoms. The first-order valence-corrected chi connectivity index (χ1v) is 6.43. The average Bonchev–Trinajstić information content (AvgIpc) is 2.94. The second-order valence-corrected chi connectivity index (χ2v) is 4.63. The summed E-state index contributed by atoms with van der Waals surface area (Å²) in [4.78, 5) is 24.8. The number of halogens is 1. The summed E-state index contributed by atoms with van der Waals surface area (Å²) in [6.45, 7) is 1.28. The zero-order valence-electron chi connectivity index (χ0n) is 10.3. The summed E-state index contributed by atoms with van der Waals surface area (Å²) in [5.41, 5.74) is 2.89. The van der Waals surface area contributed by atoms with Gasteiger partial charge in [-0.3, -0.25) is 9.59 Å². The van der Waals surface area contributed by atoms with Crippen molar-refractivity contribution in [2.75, 3.05) is 13.1 Å². The largest absolute Gasteiger partial charge is 0.334 e. The van der Waals surface area contributed by atoms with E-state index in [1.807, 2.05) is 6.07 Å². The highest BCUT2D eigenvalue weighted by molar-refractivity contribution is 6.35. The van der Waals surface area contributed by atoms with Gasteiger partial charge in [-0.2, -0.15) is 5.10 Å². The predicted molar refractivity (Wildman–Crippen MR) is 73.0 cm³/mol. The zero-order valence-corrected chi connectivity index (χ0v) is 11.1. The normalized spacial score (nSPS) is 14.9. The Hall–Kier alpha value is -1.88. The minimum absolute atomic E-state index is 0.534. The maximum atomic E-state index is 11.7. The van der Waals surface area contributed by atoms with Gasteiger partial charge in [0.25, 0.3) is 0 Å². The fourth-order valence-electron chi connectivity index (χ4n) is 1.85. The molecule has 1 saturated heterocycles. The van der Waals surface area contributed by atoms with Gasteiger partial charge < -0.3 is 4.90 Å². The van der Waals surface area contributed by atoms with Crippen molar-refractivity contribution in [3.63, 3.8) is 0 Å². The van der Waals surface area contributed by atoms with Crippen molar-refractivity contribution in [3.05, 3.63) is 34.9 Å². The summed E-state index contributed by atoms with van der Waals surface area (Å²) in [7, 11) is 0. The smallest absolute Gasteiger partial charge is 0.329 e. The molecule has 1 aliphatic rings. The van der Waals surface area contributed by atoms with E-state index in [-0.39, 0.29) is 0 Å². The molecule has 0 saturated carbocycles. The maximum Gasteiger partial charge on any atom is 0.329 e. The van der Waals surface area contributed by atoms with Gasteiger partial charge in [0.05, 0.1) is 6.21 Å². The van der Waals surface area contributed by atoms with E-state index >= 15 is 0 Å². The number of nitrogens with zero attached hydrogens (tertiary/aromatic N) is 2. The van der Waals surface area contributed by atoms with Gasteiger partial charge in [0, 0.05) is 23.7 Å². The number of carbonyl (C=O) groups is 2. The lowest BCUT2D eigenvalue weighted by atomic mass is 10.2. The van der Waals surface area contributed by atoms with Crippen LogP contribution in [0.1, 0.15) is 18.4 Å². The molecular formula is C13H14ClN3O2. The van der Waals surface area contributed by atoms with Crippen LogP contribution in [0.4, 0.5) is 0 Å². The van der Waals surface area contributed by atoms with E-state index in [9.17, 15) is 9.59 Å². The molecule has 19 heavy (non-hydrogen) atoms. The SMILES string of the molecule is O=C(N/N=C\c1ccccc1Cl)C(=O)N1CCCC1. The van der Waals surface area contributed by atoms with Crippen molar-refractivity contribution in [2.24, 2.45) is 5.10 Å². The fourth-order valence-corrected chi connectivity index (χ4v) is 2.04. The predicted octanol–water partition coefficient (Wildman–Crippen LogP) is 1.41. The van der Waals surface area contributed by atoms with Crippen molar-refractivity contribution in [1.82, 2.24) is 10.3 Å². The lowest BCUT2D eigenvalue weighted by Crippen LogP contribution is -2.39. The van der Waals surface area contributed by atoms with Crippen molar-refractivity contribution in [2.45, 2.75) is 12.8 Å². The van der Waals surface area contributed by atoms with Crippen LogP contribution in [0.15, 0.2) is 29.4 Å². The Kier molecular flexibility index (Phi) is 4.52. The molecule has 0 radical (unpaired) electrons. The van der Waals surface area contributed by atoms with E-state index in [0.29, 0.717) is 23.7 Å². The third-order valence-electron chi connectivity index (χ3n) is 2.86. The van der Waals surface area contributed by atoms with Gasteiger partial charge in [-0.15, -0.1) is 0 Å². The third kappa shape index (κ3) is 3.54. The molecule has 0 aromatic heterocycles. The van der Waals surface area contributed by atoms with Gasteiger partial charge in [0.2, 0.25) is 0 Å². The average molecular weight is 280 g/mol. The van der Waals surface area contributed by atoms with Crippen LogP contribution < -0.4 is 5.43 Å². The zero-order chi connectivity index (χ0) is 13.7. The lowest BCUT2D eigenvalue weighted by Gasteiger charge is -2.12. The second kappa shape index (κ2) is 6.33. The Labute approximate surface area is 116 Å². The van der Waals surface area contributed by atoms with E-state index < -0.39 is 11.8 Å². The van der Waals surface area contributed by atoms with Crippen LogP contribution in [-0.2, 0) is 9.59 Å². The van der Waals surface area contributed by atoms with Gasteiger partial charge in [-0.1, -0.05) is 29.8 Å². The van der Waals surface area contributed by atoms with Crippen molar-refractivity contribution in [1.29, 1.82) is 0 Å². The standard InChI is InChI=1S/C13H14ClN3O2/c14-11-6-2-1-5-10(11)9-15-16-12(18)13(19)17-7-3-4-8-17/h1-2,5-6,9H,3-4,7-8H2,(H,16,18)/b15-9-. The molecule has 0 atom stereocenters. The molecule has 0 aliphatic carbocycles. The van der Waals surface area contributed by atoms with Gasteiger partial charge in [-0.25, -0.2) is 5.43 Å². The Morgan fingerprint density at radius 2 is 1.95 bits per heavy atom. The van der Waals surface area contributed by atoms with E-state index in [1.54, 1.807) is 18.2 Å². The molecule has 1 heterocycles. The molecule has 2 amide bonds. The summed E-state index contributed by atoms with van der Waals surface area (Å²) in [5.74, 6) is -1.25. The number of carbonyl (C=O) groups excluding carboxylic acids is 2. The minimum atomic E-state index is -0.717. The quantitative estimate of drug-likeness (QED) is 0.505. The summed E-state index contributed by atoms with van der Waals surface area (Å²) >= 11 is 5.93. The number of hydrogen-bond acceptors (Lipinski definition) is 3. The highest BCUT2D eigenvalue weighted by Crippen LogP contribution is 2.12. The molecule has 0 spiro atoms. The molecule has 2 rings (SSSR count). The summed E-state index contributed by atoms with van der Waals surface area (Å²) in [5, 5.41) is 4.27. The number of likely N-dealkylation sites (tertiary alicyclic amines) is 1. The number of hydrogen-bond donors (Lipinski definition) is 1. The molecular weight excluding hydrogens is 266 g/mol. The van der Waals surface area contributed by atoms with Crippen LogP contribution in [-0.4, -0.2) is 36.0 Å². The Bertz CT molecular complexity index is 510. The van der Waals surface area contributed by atoms with E-state index in [1.165, 1.54) is 11.1 Å². The fraction of sp³-hybridized carbons (Fsp3) is 0.308. The van der Waals surface area contributed by atoms with Crippen LogP contribution in [0, 0.1) is 0 Å². The number of benzene rings is 1. The Morgan fingerprint density at radius 3 is 2.63 bits per heavy atom. The van der Waals surface area contributed by atoms with E-state index in [0.717, 1.165) is 12.8 Å². The lowest BCUT2D eigenvalue weighted by molar-refractivity contribution is -0.145. The third-order valence-corrected chi connectivity index (χ3v) is 3.21. The van der Waals surface area contributed by atoms with Crippen molar-refractivity contribution in [3.8, 4) is 0 Å². The van der Waals surface area contributed by atoms with Gasteiger partial charge in [0.15, 0.2) is 0 Å². The molecule has 5 nitrogen and oxygen atoms in total. The van der Waals surface area contributed by atoms with E-state index in [2.05, 4.69) is 10.5 Å². The topological polar surface area (TPSA) is 61.8 Å². The second-order valence-electron chi connectivity index (χ2n) is 4.22. The first-order chi connectivity index (χ1) is 9.18. The van der Waals surface area contributed by atoms with Crippen LogP contribution in [0.2, 0.25) is 5.02 Å². The molecule has 6 heteroatoms. The molecule has 1 aliphatic heterocycles. The summed E-state index contributed by atoms with van der Waals surface area (Å²) in [6.07, 6.45) is 3.31. The van der Waals surface area contributed by atoms with Gasteiger partial charge in [0.1, 0.15) is 0 Å². The summed E-state index contributed by atoms with van der Waals surface area (Å²) in [6, 6.07) is 7.10.